The zero-order valence-electron chi connectivity index (χ0n) is 14.0. The van der Waals surface area contributed by atoms with Gasteiger partial charge in [0.1, 0.15) is 11.5 Å². The van der Waals surface area contributed by atoms with Gasteiger partial charge in [-0.15, -0.1) is 0 Å². The number of nitrogens with zero attached hydrogens (tertiary/aromatic N) is 1. The van der Waals surface area contributed by atoms with E-state index < -0.39 is 0 Å². The van der Waals surface area contributed by atoms with Gasteiger partial charge in [0, 0.05) is 18.7 Å². The standard InChI is InChI=1S/C18H23ClN2O2.2ClH/c19-17-5-2-1-4-16(17)18-7-6-15(23-18)14-20-8-3-9-21-10-12-22-13-11-21;;/h1-2,4-7,20H,3,8-14H2;2*1H/p-2. The third-order valence-electron chi connectivity index (χ3n) is 4.03. The number of benzene rings is 1. The van der Waals surface area contributed by atoms with Crippen molar-refractivity contribution < 1.29 is 34.0 Å². The first-order valence-electron chi connectivity index (χ1n) is 8.17. The molecule has 0 saturated carbocycles. The predicted molar refractivity (Wildman–Crippen MR) is 92.7 cm³/mol. The van der Waals surface area contributed by atoms with Crippen LogP contribution >= 0.6 is 11.6 Å². The van der Waals surface area contributed by atoms with Gasteiger partial charge in [-0.3, -0.25) is 4.90 Å². The molecule has 1 aliphatic heterocycles. The van der Waals surface area contributed by atoms with Crippen LogP contribution in [-0.4, -0.2) is 44.3 Å². The van der Waals surface area contributed by atoms with Crippen LogP contribution in [0.2, 0.25) is 5.02 Å². The molecule has 1 saturated heterocycles. The maximum Gasteiger partial charge on any atom is 0.135 e. The van der Waals surface area contributed by atoms with E-state index in [4.69, 9.17) is 20.8 Å². The first-order chi connectivity index (χ1) is 11.3. The zero-order valence-corrected chi connectivity index (χ0v) is 16.3. The summed E-state index contributed by atoms with van der Waals surface area (Å²) in [5.41, 5.74) is 0.938. The van der Waals surface area contributed by atoms with E-state index in [1.165, 1.54) is 0 Å². The number of morpholine rings is 1. The Labute approximate surface area is 166 Å². The molecular weight excluding hydrogens is 383 g/mol. The third kappa shape index (κ3) is 6.81. The monoisotopic (exact) mass is 404 g/mol. The maximum absolute atomic E-state index is 6.20. The minimum atomic E-state index is 0. The Hall–Kier alpha value is -0.750. The minimum Gasteiger partial charge on any atom is -1.00 e. The summed E-state index contributed by atoms with van der Waals surface area (Å²) in [6.07, 6.45) is 1.14. The van der Waals surface area contributed by atoms with Crippen LogP contribution < -0.4 is 30.1 Å². The molecule has 1 aromatic heterocycles. The highest BCUT2D eigenvalue weighted by atomic mass is 35.5. The highest BCUT2D eigenvalue weighted by Gasteiger charge is 2.10. The molecule has 0 aliphatic carbocycles. The summed E-state index contributed by atoms with van der Waals surface area (Å²) >= 11 is 6.20. The molecule has 0 unspecified atom stereocenters. The summed E-state index contributed by atoms with van der Waals surface area (Å²) in [7, 11) is 0. The lowest BCUT2D eigenvalue weighted by Gasteiger charge is -2.26. The molecule has 2 heterocycles. The molecule has 1 fully saturated rings. The molecule has 4 nitrogen and oxygen atoms in total. The van der Waals surface area contributed by atoms with E-state index in [-0.39, 0.29) is 24.8 Å². The van der Waals surface area contributed by atoms with Gasteiger partial charge in [0.25, 0.3) is 0 Å². The number of hydrogen-bond donors (Lipinski definition) is 1. The van der Waals surface area contributed by atoms with E-state index in [2.05, 4.69) is 10.2 Å². The lowest BCUT2D eigenvalue weighted by molar-refractivity contribution is -0.00100. The van der Waals surface area contributed by atoms with Crippen LogP contribution in [0.4, 0.5) is 0 Å². The molecule has 1 aromatic carbocycles. The number of ether oxygens (including phenoxy) is 1. The molecule has 25 heavy (non-hydrogen) atoms. The largest absolute Gasteiger partial charge is 1.00 e. The molecule has 0 atom stereocenters. The van der Waals surface area contributed by atoms with Crippen LogP contribution in [0.5, 0.6) is 0 Å². The molecule has 0 bridgehead atoms. The summed E-state index contributed by atoms with van der Waals surface area (Å²) in [5.74, 6) is 1.76. The van der Waals surface area contributed by atoms with E-state index in [1.54, 1.807) is 0 Å². The Morgan fingerprint density at radius 1 is 1.04 bits per heavy atom. The number of nitrogens with one attached hydrogen (secondary N) is 1. The first kappa shape index (κ1) is 22.3. The average molecular weight is 406 g/mol. The van der Waals surface area contributed by atoms with Crippen LogP contribution in [0.15, 0.2) is 40.8 Å². The van der Waals surface area contributed by atoms with Gasteiger partial charge >= 0.3 is 0 Å². The minimum absolute atomic E-state index is 0. The van der Waals surface area contributed by atoms with Crippen molar-refractivity contribution in [3.63, 3.8) is 0 Å². The molecule has 1 aliphatic rings. The first-order valence-corrected chi connectivity index (χ1v) is 8.55. The number of halogens is 3. The molecule has 0 amide bonds. The lowest BCUT2D eigenvalue weighted by Crippen LogP contribution is -3.00. The third-order valence-corrected chi connectivity index (χ3v) is 4.36. The highest BCUT2D eigenvalue weighted by molar-refractivity contribution is 6.33. The fraction of sp³-hybridized carbons (Fsp3) is 0.444. The fourth-order valence-corrected chi connectivity index (χ4v) is 2.97. The number of furan rings is 1. The van der Waals surface area contributed by atoms with Crippen molar-refractivity contribution in [3.8, 4) is 11.3 Å². The molecule has 1 N–H and O–H groups in total. The number of rotatable bonds is 7. The molecule has 2 aromatic rings. The summed E-state index contributed by atoms with van der Waals surface area (Å²) in [5, 5.41) is 4.15. The van der Waals surface area contributed by atoms with E-state index in [1.807, 2.05) is 36.4 Å². The van der Waals surface area contributed by atoms with Crippen molar-refractivity contribution >= 4 is 11.6 Å². The molecule has 7 heteroatoms. The number of hydrogen-bond acceptors (Lipinski definition) is 4. The van der Waals surface area contributed by atoms with Crippen molar-refractivity contribution in [1.82, 2.24) is 10.2 Å². The second-order valence-electron chi connectivity index (χ2n) is 5.73. The highest BCUT2D eigenvalue weighted by Crippen LogP contribution is 2.28. The molecular formula is C18H23Cl3N2O2-2. The van der Waals surface area contributed by atoms with E-state index in [9.17, 15) is 0 Å². The van der Waals surface area contributed by atoms with Gasteiger partial charge in [0.2, 0.25) is 0 Å². The van der Waals surface area contributed by atoms with E-state index in [0.717, 1.165) is 69.4 Å². The summed E-state index contributed by atoms with van der Waals surface area (Å²) < 4.78 is 11.2. The Kier molecular flexibility index (Phi) is 10.5. The maximum atomic E-state index is 6.20. The molecule has 140 valence electrons. The lowest BCUT2D eigenvalue weighted by atomic mass is 10.2. The summed E-state index contributed by atoms with van der Waals surface area (Å²) in [6.45, 7) is 6.69. The zero-order chi connectivity index (χ0) is 15.9. The van der Waals surface area contributed by atoms with Crippen LogP contribution in [0.3, 0.4) is 0 Å². The molecule has 0 radical (unpaired) electrons. The van der Waals surface area contributed by atoms with Gasteiger partial charge in [0.05, 0.1) is 24.8 Å². The second-order valence-corrected chi connectivity index (χ2v) is 6.14. The fourth-order valence-electron chi connectivity index (χ4n) is 2.74. The molecule has 3 rings (SSSR count). The SMILES string of the molecule is Clc1ccccc1-c1ccc(CNCCCN2CCOCC2)o1.[Cl-].[Cl-]. The van der Waals surface area contributed by atoms with E-state index >= 15 is 0 Å². The summed E-state index contributed by atoms with van der Waals surface area (Å²) in [6, 6.07) is 11.7. The average Bonchev–Trinajstić information content (AvgIpc) is 3.04. The van der Waals surface area contributed by atoms with Gasteiger partial charge < -0.3 is 39.3 Å². The van der Waals surface area contributed by atoms with Crippen molar-refractivity contribution in [2.24, 2.45) is 0 Å². The van der Waals surface area contributed by atoms with Gasteiger partial charge in [-0.2, -0.15) is 0 Å². The van der Waals surface area contributed by atoms with Crippen LogP contribution in [0, 0.1) is 0 Å². The molecule has 0 spiro atoms. The van der Waals surface area contributed by atoms with E-state index in [0.29, 0.717) is 5.02 Å². The van der Waals surface area contributed by atoms with Gasteiger partial charge in [-0.25, -0.2) is 0 Å². The Morgan fingerprint density at radius 3 is 2.56 bits per heavy atom. The quantitative estimate of drug-likeness (QED) is 0.514. The van der Waals surface area contributed by atoms with Gasteiger partial charge in [-0.05, 0) is 43.8 Å². The second kappa shape index (κ2) is 11.8. The van der Waals surface area contributed by atoms with Crippen molar-refractivity contribution in [3.05, 3.63) is 47.2 Å². The van der Waals surface area contributed by atoms with Crippen molar-refractivity contribution in [2.45, 2.75) is 13.0 Å². The Bertz CT molecular complexity index is 616. The normalized spacial score (nSPS) is 14.6. The predicted octanol–water partition coefficient (Wildman–Crippen LogP) is -2.58. The van der Waals surface area contributed by atoms with Crippen molar-refractivity contribution in [2.75, 3.05) is 39.4 Å². The summed E-state index contributed by atoms with van der Waals surface area (Å²) in [4.78, 5) is 2.45. The van der Waals surface area contributed by atoms with Crippen molar-refractivity contribution in [1.29, 1.82) is 0 Å². The van der Waals surface area contributed by atoms with Crippen LogP contribution in [0.1, 0.15) is 12.2 Å². The smallest absolute Gasteiger partial charge is 0.135 e. The Morgan fingerprint density at radius 2 is 1.80 bits per heavy atom. The van der Waals surface area contributed by atoms with Crippen LogP contribution in [-0.2, 0) is 11.3 Å². The topological polar surface area (TPSA) is 37.6 Å². The van der Waals surface area contributed by atoms with Gasteiger partial charge in [-0.1, -0.05) is 23.7 Å². The van der Waals surface area contributed by atoms with Gasteiger partial charge in [0.15, 0.2) is 0 Å². The Balaban J connectivity index is 0.00000156. The van der Waals surface area contributed by atoms with Crippen LogP contribution in [0.25, 0.3) is 11.3 Å².